The molecule has 0 radical (unpaired) electrons. The maximum Gasteiger partial charge on any atom is 0.313 e. The Morgan fingerprint density at radius 3 is 2.64 bits per heavy atom. The van der Waals surface area contributed by atoms with E-state index in [4.69, 9.17) is 14.5 Å². The second-order valence-electron chi connectivity index (χ2n) is 14.4. The number of hydrogen-bond acceptors (Lipinski definition) is 9. The molecule has 3 N–H and O–H groups in total. The van der Waals surface area contributed by atoms with E-state index in [1.54, 1.807) is 40.7 Å². The van der Waals surface area contributed by atoms with E-state index in [-0.39, 0.29) is 68.0 Å². The predicted molar refractivity (Wildman–Crippen MR) is 200 cm³/mol. The quantitative estimate of drug-likeness (QED) is 0.0431. The highest BCUT2D eigenvalue weighted by molar-refractivity contribution is 6.00. The minimum atomic E-state index is -0.647. The van der Waals surface area contributed by atoms with Crippen molar-refractivity contribution >= 4 is 47.1 Å². The van der Waals surface area contributed by atoms with Crippen LogP contribution in [0, 0.1) is 18.7 Å². The first-order valence-corrected chi connectivity index (χ1v) is 18.6. The molecule has 0 saturated carbocycles. The molecule has 0 spiro atoms. The zero-order chi connectivity index (χ0) is 39.2. The number of esters is 1. The van der Waals surface area contributed by atoms with Gasteiger partial charge in [-0.2, -0.15) is 0 Å². The van der Waals surface area contributed by atoms with Crippen LogP contribution in [-0.4, -0.2) is 71.0 Å². The lowest BCUT2D eigenvalue weighted by molar-refractivity contribution is -0.156. The summed E-state index contributed by atoms with van der Waals surface area (Å²) in [4.78, 5) is 83.0. The molecule has 5 heterocycles. The number of aryl methyl sites for hydroxylation is 1. The van der Waals surface area contributed by atoms with Crippen LogP contribution in [0.1, 0.15) is 70.7 Å². The molecule has 2 aromatic heterocycles. The largest absolute Gasteiger partial charge is 0.460 e. The number of carbonyl (C=O) groups is 5. The SMILES string of the molecule is CCC1C(=O)OCc2c1cc1n(c2=O)Cc2c-1nc1cc(F)c(C)c3c1c2C(N1CC(COCNC(=O)CNC(=O)/C(=C/c2ccccc2)NC=O)C1=O)CC3. The normalized spacial score (nSPS) is 19.4. The smallest absolute Gasteiger partial charge is 0.313 e. The first-order chi connectivity index (χ1) is 27.1. The van der Waals surface area contributed by atoms with Crippen molar-refractivity contribution in [3.05, 3.63) is 103 Å². The lowest BCUT2D eigenvalue weighted by atomic mass is 9.79. The van der Waals surface area contributed by atoms with Crippen molar-refractivity contribution in [1.29, 1.82) is 0 Å². The average molecular weight is 763 g/mol. The molecule has 3 atom stereocenters. The van der Waals surface area contributed by atoms with Gasteiger partial charge in [-0.1, -0.05) is 37.3 Å². The van der Waals surface area contributed by atoms with Gasteiger partial charge in [0.2, 0.25) is 18.2 Å². The van der Waals surface area contributed by atoms with Gasteiger partial charge in [0.05, 0.1) is 60.0 Å². The summed E-state index contributed by atoms with van der Waals surface area (Å²) in [5, 5.41) is 8.16. The van der Waals surface area contributed by atoms with Crippen LogP contribution in [0.15, 0.2) is 53.0 Å². The molecule has 288 valence electrons. The summed E-state index contributed by atoms with van der Waals surface area (Å²) >= 11 is 0. The van der Waals surface area contributed by atoms with Crippen molar-refractivity contribution < 1.29 is 37.8 Å². The number of ether oxygens (including phenoxy) is 2. The second kappa shape index (κ2) is 14.8. The summed E-state index contributed by atoms with van der Waals surface area (Å²) in [6, 6.07) is 11.8. The third-order valence-corrected chi connectivity index (χ3v) is 11.3. The van der Waals surface area contributed by atoms with Crippen LogP contribution in [0.4, 0.5) is 4.39 Å². The van der Waals surface area contributed by atoms with Crippen molar-refractivity contribution in [2.75, 3.05) is 26.4 Å². The molecule has 2 aromatic carbocycles. The number of hydrogen-bond donors (Lipinski definition) is 3. The topological polar surface area (TPSA) is 178 Å². The van der Waals surface area contributed by atoms with Gasteiger partial charge in [0.15, 0.2) is 0 Å². The minimum absolute atomic E-state index is 0.0282. The van der Waals surface area contributed by atoms with Gasteiger partial charge in [0.1, 0.15) is 24.9 Å². The van der Waals surface area contributed by atoms with Gasteiger partial charge in [-0.05, 0) is 66.1 Å². The molecule has 15 heteroatoms. The monoisotopic (exact) mass is 762 g/mol. The Kier molecular flexibility index (Phi) is 9.70. The number of amides is 4. The van der Waals surface area contributed by atoms with Crippen LogP contribution in [0.2, 0.25) is 0 Å². The molecule has 3 aliphatic heterocycles. The fourth-order valence-corrected chi connectivity index (χ4v) is 8.40. The molecule has 8 rings (SSSR count). The Morgan fingerprint density at radius 2 is 1.89 bits per heavy atom. The number of nitrogens with zero attached hydrogens (tertiary/aromatic N) is 3. The Balaban J connectivity index is 0.951. The number of halogens is 1. The zero-order valence-electron chi connectivity index (χ0n) is 30.8. The van der Waals surface area contributed by atoms with Gasteiger partial charge in [0.25, 0.3) is 11.5 Å². The number of nitrogens with one attached hydrogen (secondary N) is 3. The number of β-lactam (4-membered cyclic amide) rings is 1. The molecular weight excluding hydrogens is 723 g/mol. The van der Waals surface area contributed by atoms with Crippen molar-refractivity contribution in [2.24, 2.45) is 5.92 Å². The second-order valence-corrected chi connectivity index (χ2v) is 14.4. The van der Waals surface area contributed by atoms with E-state index < -0.39 is 23.7 Å². The first-order valence-electron chi connectivity index (χ1n) is 18.6. The summed E-state index contributed by atoms with van der Waals surface area (Å²) in [6.07, 6.45) is 3.42. The summed E-state index contributed by atoms with van der Waals surface area (Å²) in [5.41, 5.74) is 6.10. The molecule has 3 unspecified atom stereocenters. The Hall–Kier alpha value is -6.22. The van der Waals surface area contributed by atoms with Gasteiger partial charge in [-0.3, -0.25) is 28.8 Å². The van der Waals surface area contributed by atoms with Gasteiger partial charge in [-0.15, -0.1) is 0 Å². The summed E-state index contributed by atoms with van der Waals surface area (Å²) in [5.74, 6) is -3.07. The molecule has 4 aliphatic rings. The van der Waals surface area contributed by atoms with Gasteiger partial charge in [0, 0.05) is 23.6 Å². The van der Waals surface area contributed by atoms with Crippen molar-refractivity contribution in [3.8, 4) is 11.4 Å². The van der Waals surface area contributed by atoms with Crippen LogP contribution in [-0.2, 0) is 53.0 Å². The summed E-state index contributed by atoms with van der Waals surface area (Å²) in [7, 11) is 0. The Bertz CT molecular complexity index is 2430. The standard InChI is InChI=1S/C41H39FN6O8/c1-3-24-26-12-33-37-27(16-48(33)40(53)28(26)18-56-41(24)54)36-32(10-9-25-21(2)29(42)13-30(46-37)35(25)36)47-15-23(39(47)52)17-55-20-45-34(50)14-43-38(51)31(44-19-49)11-22-7-5-4-6-8-22/h4-8,11-13,19,23-24,32H,3,9-10,14-18,20H2,1-2H3,(H,43,51)(H,44,49)(H,45,50)/b31-11-. The van der Waals surface area contributed by atoms with Crippen LogP contribution >= 0.6 is 0 Å². The van der Waals surface area contributed by atoms with E-state index in [2.05, 4.69) is 16.0 Å². The Labute approximate surface area is 320 Å². The lowest BCUT2D eigenvalue weighted by Crippen LogP contribution is -2.56. The van der Waals surface area contributed by atoms with E-state index in [0.717, 1.165) is 22.1 Å². The molecule has 1 aliphatic carbocycles. The number of rotatable bonds is 12. The molecule has 0 bridgehead atoms. The average Bonchev–Trinajstić information content (AvgIpc) is 3.57. The van der Waals surface area contributed by atoms with Crippen LogP contribution < -0.4 is 21.5 Å². The van der Waals surface area contributed by atoms with Gasteiger partial charge >= 0.3 is 5.97 Å². The van der Waals surface area contributed by atoms with E-state index in [0.29, 0.717) is 71.4 Å². The van der Waals surface area contributed by atoms with E-state index >= 15 is 4.39 Å². The van der Waals surface area contributed by atoms with Gasteiger partial charge in [-0.25, -0.2) is 9.37 Å². The number of cyclic esters (lactones) is 1. The number of carbonyl (C=O) groups excluding carboxylic acids is 5. The number of fused-ring (bicyclic) bond motifs is 5. The predicted octanol–water partition coefficient (Wildman–Crippen LogP) is 2.86. The Morgan fingerprint density at radius 1 is 1.09 bits per heavy atom. The summed E-state index contributed by atoms with van der Waals surface area (Å²) < 4.78 is 27.9. The zero-order valence-corrected chi connectivity index (χ0v) is 30.8. The molecule has 1 saturated heterocycles. The van der Waals surface area contributed by atoms with Crippen molar-refractivity contribution in [1.82, 2.24) is 30.4 Å². The van der Waals surface area contributed by atoms with Gasteiger partial charge < -0.3 is 34.9 Å². The number of likely N-dealkylation sites (tertiary alicyclic amines) is 1. The highest BCUT2D eigenvalue weighted by Gasteiger charge is 2.45. The highest BCUT2D eigenvalue weighted by Crippen LogP contribution is 2.48. The molecule has 14 nitrogen and oxygen atoms in total. The molecule has 1 fully saturated rings. The van der Waals surface area contributed by atoms with Crippen molar-refractivity contribution in [3.63, 3.8) is 0 Å². The fraction of sp³-hybridized carbons (Fsp3) is 0.341. The van der Waals surface area contributed by atoms with E-state index in [9.17, 15) is 28.8 Å². The third-order valence-electron chi connectivity index (χ3n) is 11.3. The molecular formula is C41H39FN6O8. The maximum absolute atomic E-state index is 15.3. The lowest BCUT2D eigenvalue weighted by Gasteiger charge is -2.46. The summed E-state index contributed by atoms with van der Waals surface area (Å²) in [6.45, 7) is 3.62. The molecule has 4 aromatic rings. The fourth-order valence-electron chi connectivity index (χ4n) is 8.40. The van der Waals surface area contributed by atoms with Crippen LogP contribution in [0.5, 0.6) is 0 Å². The van der Waals surface area contributed by atoms with E-state index in [1.807, 2.05) is 19.1 Å². The number of aromatic nitrogens is 2. The highest BCUT2D eigenvalue weighted by atomic mass is 19.1. The third kappa shape index (κ3) is 6.30. The minimum Gasteiger partial charge on any atom is -0.460 e. The molecule has 4 amide bonds. The molecule has 56 heavy (non-hydrogen) atoms. The number of pyridine rings is 2. The maximum atomic E-state index is 15.3. The van der Waals surface area contributed by atoms with Crippen LogP contribution in [0.25, 0.3) is 28.4 Å². The van der Waals surface area contributed by atoms with E-state index in [1.165, 1.54) is 12.1 Å². The number of benzene rings is 2. The van der Waals surface area contributed by atoms with Crippen molar-refractivity contribution in [2.45, 2.75) is 58.2 Å². The first kappa shape index (κ1) is 36.7. The van der Waals surface area contributed by atoms with Crippen LogP contribution in [0.3, 0.4) is 0 Å².